The number of nitrogens with one attached hydrogen (secondary N) is 1. The number of hydrogen-bond acceptors (Lipinski definition) is 3. The van der Waals surface area contributed by atoms with E-state index in [1.165, 1.54) is 0 Å². The van der Waals surface area contributed by atoms with Crippen molar-refractivity contribution in [3.8, 4) is 0 Å². The molecule has 0 atom stereocenters. The van der Waals surface area contributed by atoms with Gasteiger partial charge in [0.1, 0.15) is 0 Å². The molecule has 6 heteroatoms. The van der Waals surface area contributed by atoms with Crippen LogP contribution >= 0.6 is 0 Å². The Balaban J connectivity index is 2.53. The van der Waals surface area contributed by atoms with Gasteiger partial charge in [-0.15, -0.1) is 0 Å². The van der Waals surface area contributed by atoms with Crippen LogP contribution in [0.3, 0.4) is 0 Å². The van der Waals surface area contributed by atoms with E-state index in [4.69, 9.17) is 5.11 Å². The highest BCUT2D eigenvalue weighted by Crippen LogP contribution is 2.06. The lowest BCUT2D eigenvalue weighted by atomic mass is 10.2. The first kappa shape index (κ1) is 13.0. The maximum atomic E-state index is 11.2. The van der Waals surface area contributed by atoms with E-state index in [2.05, 4.69) is 10.4 Å². The van der Waals surface area contributed by atoms with Gasteiger partial charge in [0.15, 0.2) is 0 Å². The summed E-state index contributed by atoms with van der Waals surface area (Å²) in [4.78, 5) is 21.4. The molecule has 0 spiro atoms. The van der Waals surface area contributed by atoms with Crippen LogP contribution in [0.1, 0.15) is 18.2 Å². The second-order valence-corrected chi connectivity index (χ2v) is 3.46. The Hall–Kier alpha value is -2.11. The number of nitrogens with zero attached hydrogens (tertiary/aromatic N) is 2. The lowest BCUT2D eigenvalue weighted by Gasteiger charge is -2.03. The second-order valence-electron chi connectivity index (χ2n) is 3.46. The molecule has 0 bridgehead atoms. The third-order valence-corrected chi connectivity index (χ3v) is 2.33. The summed E-state index contributed by atoms with van der Waals surface area (Å²) in [5.74, 6) is -1.58. The van der Waals surface area contributed by atoms with E-state index >= 15 is 0 Å². The molecule has 2 N–H and O–H groups in total. The summed E-state index contributed by atoms with van der Waals surface area (Å²) in [5, 5.41) is 15.1. The van der Waals surface area contributed by atoms with E-state index < -0.39 is 11.9 Å². The van der Waals surface area contributed by atoms with Gasteiger partial charge in [-0.2, -0.15) is 5.10 Å². The summed E-state index contributed by atoms with van der Waals surface area (Å²) in [6.45, 7) is 5.02. The molecule has 6 nitrogen and oxygen atoms in total. The predicted molar refractivity (Wildman–Crippen MR) is 61.3 cm³/mol. The first-order valence-electron chi connectivity index (χ1n) is 5.24. The standard InChI is InChI=1S/C11H15N3O3/c1-3-14-8(2)9(7-13-14)6-12-10(15)4-5-11(16)17/h4-5,7H,3,6H2,1-2H3,(H,12,15)(H,16,17)/b5-4+. The highest BCUT2D eigenvalue weighted by molar-refractivity contribution is 5.93. The average molecular weight is 237 g/mol. The van der Waals surface area contributed by atoms with Gasteiger partial charge < -0.3 is 10.4 Å². The Morgan fingerprint density at radius 3 is 2.76 bits per heavy atom. The average Bonchev–Trinajstić information content (AvgIpc) is 2.64. The Kier molecular flexibility index (Phi) is 4.45. The van der Waals surface area contributed by atoms with E-state index in [0.29, 0.717) is 6.54 Å². The molecule has 0 saturated carbocycles. The molecule has 0 aliphatic heterocycles. The van der Waals surface area contributed by atoms with Crippen molar-refractivity contribution in [2.45, 2.75) is 26.9 Å². The fourth-order valence-corrected chi connectivity index (χ4v) is 1.37. The molecule has 0 aromatic carbocycles. The number of aliphatic carboxylic acids is 1. The van der Waals surface area contributed by atoms with Crippen LogP contribution in [0.5, 0.6) is 0 Å². The van der Waals surface area contributed by atoms with Gasteiger partial charge in [0.05, 0.1) is 6.20 Å². The first-order chi connectivity index (χ1) is 8.04. The van der Waals surface area contributed by atoms with Gasteiger partial charge in [0, 0.05) is 36.5 Å². The van der Waals surface area contributed by atoms with Crippen molar-refractivity contribution in [2.24, 2.45) is 0 Å². The van der Waals surface area contributed by atoms with E-state index in [1.807, 2.05) is 18.5 Å². The lowest BCUT2D eigenvalue weighted by Crippen LogP contribution is -2.21. The zero-order chi connectivity index (χ0) is 12.8. The summed E-state index contributed by atoms with van der Waals surface area (Å²) in [7, 11) is 0. The van der Waals surface area contributed by atoms with Gasteiger partial charge in [-0.05, 0) is 13.8 Å². The topological polar surface area (TPSA) is 84.2 Å². The van der Waals surface area contributed by atoms with Crippen molar-refractivity contribution in [1.82, 2.24) is 15.1 Å². The summed E-state index contributed by atoms with van der Waals surface area (Å²) in [6, 6.07) is 0. The minimum Gasteiger partial charge on any atom is -0.478 e. The molecule has 0 aliphatic carbocycles. The van der Waals surface area contributed by atoms with E-state index in [-0.39, 0.29) is 0 Å². The van der Waals surface area contributed by atoms with Gasteiger partial charge in [0.25, 0.3) is 0 Å². The van der Waals surface area contributed by atoms with E-state index in [0.717, 1.165) is 30.0 Å². The number of amides is 1. The Labute approximate surface area is 98.9 Å². The zero-order valence-electron chi connectivity index (χ0n) is 9.80. The van der Waals surface area contributed by atoms with Crippen molar-refractivity contribution in [2.75, 3.05) is 0 Å². The fourth-order valence-electron chi connectivity index (χ4n) is 1.37. The Bertz CT molecular complexity index is 449. The van der Waals surface area contributed by atoms with Crippen LogP contribution in [0.4, 0.5) is 0 Å². The minimum atomic E-state index is -1.14. The molecule has 0 radical (unpaired) electrons. The van der Waals surface area contributed by atoms with Gasteiger partial charge in [-0.1, -0.05) is 0 Å². The van der Waals surface area contributed by atoms with Crippen molar-refractivity contribution in [3.05, 3.63) is 29.6 Å². The molecule has 17 heavy (non-hydrogen) atoms. The van der Waals surface area contributed by atoms with Gasteiger partial charge in [-0.25, -0.2) is 4.79 Å². The lowest BCUT2D eigenvalue weighted by molar-refractivity contribution is -0.131. The molecule has 0 fully saturated rings. The number of rotatable bonds is 5. The highest BCUT2D eigenvalue weighted by atomic mass is 16.4. The van der Waals surface area contributed by atoms with Gasteiger partial charge in [-0.3, -0.25) is 9.48 Å². The predicted octanol–water partition coefficient (Wildman–Crippen LogP) is 0.468. The van der Waals surface area contributed by atoms with E-state index in [1.54, 1.807) is 6.20 Å². The first-order valence-corrected chi connectivity index (χ1v) is 5.24. The second kappa shape index (κ2) is 5.83. The molecule has 1 aromatic rings. The molecular formula is C11H15N3O3. The molecule has 1 aromatic heterocycles. The Morgan fingerprint density at radius 1 is 1.53 bits per heavy atom. The van der Waals surface area contributed by atoms with Crippen LogP contribution in [0.15, 0.2) is 18.3 Å². The van der Waals surface area contributed by atoms with Gasteiger partial charge in [0.2, 0.25) is 5.91 Å². The number of carboxylic acids is 1. The number of carbonyl (C=O) groups excluding carboxylic acids is 1. The number of carboxylic acid groups (broad SMARTS) is 1. The number of carbonyl (C=O) groups is 2. The number of aryl methyl sites for hydroxylation is 1. The Morgan fingerprint density at radius 2 is 2.24 bits per heavy atom. The number of aromatic nitrogens is 2. The summed E-state index contributed by atoms with van der Waals surface area (Å²) >= 11 is 0. The SMILES string of the molecule is CCn1ncc(CNC(=O)/C=C/C(=O)O)c1C. The maximum absolute atomic E-state index is 11.2. The largest absolute Gasteiger partial charge is 0.478 e. The summed E-state index contributed by atoms with van der Waals surface area (Å²) in [5.41, 5.74) is 1.92. The van der Waals surface area contributed by atoms with Crippen molar-refractivity contribution in [3.63, 3.8) is 0 Å². The molecule has 0 unspecified atom stereocenters. The number of hydrogen-bond donors (Lipinski definition) is 2. The molecule has 1 rings (SSSR count). The van der Waals surface area contributed by atoms with Crippen LogP contribution in [-0.2, 0) is 22.7 Å². The normalized spacial score (nSPS) is 10.7. The fraction of sp³-hybridized carbons (Fsp3) is 0.364. The van der Waals surface area contributed by atoms with Crippen molar-refractivity contribution < 1.29 is 14.7 Å². The molecule has 0 aliphatic rings. The smallest absolute Gasteiger partial charge is 0.328 e. The third-order valence-electron chi connectivity index (χ3n) is 2.33. The quantitative estimate of drug-likeness (QED) is 0.729. The molecular weight excluding hydrogens is 222 g/mol. The summed E-state index contributed by atoms with van der Waals surface area (Å²) in [6.07, 6.45) is 3.49. The van der Waals surface area contributed by atoms with Gasteiger partial charge >= 0.3 is 5.97 Å². The molecule has 0 saturated heterocycles. The molecule has 1 amide bonds. The van der Waals surface area contributed by atoms with Crippen molar-refractivity contribution in [1.29, 1.82) is 0 Å². The van der Waals surface area contributed by atoms with Crippen LogP contribution in [0.25, 0.3) is 0 Å². The van der Waals surface area contributed by atoms with Crippen LogP contribution in [0, 0.1) is 6.92 Å². The monoisotopic (exact) mass is 237 g/mol. The van der Waals surface area contributed by atoms with Crippen LogP contribution in [0.2, 0.25) is 0 Å². The molecule has 92 valence electrons. The molecule has 1 heterocycles. The summed E-state index contributed by atoms with van der Waals surface area (Å²) < 4.78 is 1.83. The zero-order valence-corrected chi connectivity index (χ0v) is 9.80. The highest BCUT2D eigenvalue weighted by Gasteiger charge is 2.05. The van der Waals surface area contributed by atoms with Crippen molar-refractivity contribution >= 4 is 11.9 Å². The maximum Gasteiger partial charge on any atom is 0.328 e. The third kappa shape index (κ3) is 3.75. The van der Waals surface area contributed by atoms with Crippen LogP contribution in [-0.4, -0.2) is 26.8 Å². The van der Waals surface area contributed by atoms with Crippen LogP contribution < -0.4 is 5.32 Å². The van der Waals surface area contributed by atoms with E-state index in [9.17, 15) is 9.59 Å². The minimum absolute atomic E-state index is 0.342.